The van der Waals surface area contributed by atoms with Gasteiger partial charge in [-0.05, 0) is 38.8 Å². The van der Waals surface area contributed by atoms with E-state index in [-0.39, 0.29) is 11.6 Å². The van der Waals surface area contributed by atoms with Crippen molar-refractivity contribution in [2.24, 2.45) is 0 Å². The van der Waals surface area contributed by atoms with Crippen molar-refractivity contribution in [2.45, 2.75) is 27.7 Å². The third-order valence-electron chi connectivity index (χ3n) is 3.05. The number of Topliss-reactive ketones (excluding diaryl/α,β-unsaturated/α-hetero) is 2. The van der Waals surface area contributed by atoms with Gasteiger partial charge >= 0.3 is 0 Å². The topological polar surface area (TPSA) is 34.1 Å². The molecule has 2 rings (SSSR count). The van der Waals surface area contributed by atoms with Gasteiger partial charge in [0, 0.05) is 11.1 Å². The summed E-state index contributed by atoms with van der Waals surface area (Å²) in [6.07, 6.45) is 0. The highest BCUT2D eigenvalue weighted by Crippen LogP contribution is 2.07. The summed E-state index contributed by atoms with van der Waals surface area (Å²) in [5.74, 6) is 0.274. The summed E-state index contributed by atoms with van der Waals surface area (Å²) in [6.45, 7) is 7.05. The molecule has 0 radical (unpaired) electrons. The smallest absolute Gasteiger partial charge is 0.160 e. The number of rotatable bonds is 2. The molecule has 0 aliphatic heterocycles. The van der Waals surface area contributed by atoms with E-state index in [1.54, 1.807) is 13.8 Å². The molecule has 0 spiro atoms. The van der Waals surface area contributed by atoms with E-state index in [2.05, 4.69) is 0 Å². The van der Waals surface area contributed by atoms with Crippen LogP contribution >= 0.6 is 0 Å². The second kappa shape index (κ2) is 7.39. The van der Waals surface area contributed by atoms with Crippen LogP contribution in [0.2, 0.25) is 0 Å². The minimum Gasteiger partial charge on any atom is -0.295 e. The first-order valence-corrected chi connectivity index (χ1v) is 6.56. The molecule has 0 unspecified atom stereocenters. The van der Waals surface area contributed by atoms with E-state index in [0.717, 1.165) is 22.3 Å². The van der Waals surface area contributed by atoms with Gasteiger partial charge in [-0.25, -0.2) is 0 Å². The maximum atomic E-state index is 10.9. The molecule has 0 bridgehead atoms. The van der Waals surface area contributed by atoms with Crippen molar-refractivity contribution in [3.63, 3.8) is 0 Å². The van der Waals surface area contributed by atoms with Crippen LogP contribution < -0.4 is 0 Å². The Hall–Kier alpha value is -2.22. The Kier molecular flexibility index (Phi) is 5.85. The number of hydrogen-bond acceptors (Lipinski definition) is 2. The zero-order chi connectivity index (χ0) is 15.1. The molecule has 2 aromatic rings. The maximum absolute atomic E-state index is 10.9. The minimum atomic E-state index is 0.137. The summed E-state index contributed by atoms with van der Waals surface area (Å²) < 4.78 is 0. The molecule has 0 heterocycles. The first-order chi connectivity index (χ1) is 9.43. The summed E-state index contributed by atoms with van der Waals surface area (Å²) in [7, 11) is 0. The summed E-state index contributed by atoms with van der Waals surface area (Å²) in [6, 6.07) is 15.2. The summed E-state index contributed by atoms with van der Waals surface area (Å²) in [5.41, 5.74) is 3.75. The number of aryl methyl sites for hydroxylation is 2. The van der Waals surface area contributed by atoms with Gasteiger partial charge < -0.3 is 0 Å². The lowest BCUT2D eigenvalue weighted by atomic mass is 10.1. The van der Waals surface area contributed by atoms with Gasteiger partial charge in [-0.1, -0.05) is 48.5 Å². The molecule has 0 atom stereocenters. The lowest BCUT2D eigenvalue weighted by Gasteiger charge is -1.97. The zero-order valence-electron chi connectivity index (χ0n) is 12.4. The molecule has 0 aliphatic rings. The maximum Gasteiger partial charge on any atom is 0.160 e. The average Bonchev–Trinajstić information content (AvgIpc) is 2.40. The van der Waals surface area contributed by atoms with E-state index in [0.29, 0.717) is 0 Å². The standard InChI is InChI=1S/2C9H10O/c2*1-7-5-3-4-6-9(7)8(2)10/h2*3-6H,1-2H3. The molecule has 2 aromatic carbocycles. The molecule has 0 saturated heterocycles. The van der Waals surface area contributed by atoms with Crippen LogP contribution in [0.25, 0.3) is 0 Å². The molecular weight excluding hydrogens is 248 g/mol. The third-order valence-corrected chi connectivity index (χ3v) is 3.05. The van der Waals surface area contributed by atoms with E-state index >= 15 is 0 Å². The van der Waals surface area contributed by atoms with Gasteiger partial charge in [-0.3, -0.25) is 9.59 Å². The van der Waals surface area contributed by atoms with Crippen LogP contribution in [0.4, 0.5) is 0 Å². The van der Waals surface area contributed by atoms with Gasteiger partial charge in [0.2, 0.25) is 0 Å². The zero-order valence-corrected chi connectivity index (χ0v) is 12.4. The van der Waals surface area contributed by atoms with Crippen molar-refractivity contribution in [1.82, 2.24) is 0 Å². The first-order valence-electron chi connectivity index (χ1n) is 6.56. The Labute approximate surface area is 120 Å². The van der Waals surface area contributed by atoms with Crippen LogP contribution in [-0.2, 0) is 0 Å². The highest BCUT2D eigenvalue weighted by Gasteiger charge is 2.00. The van der Waals surface area contributed by atoms with Crippen LogP contribution in [0.5, 0.6) is 0 Å². The normalized spacial score (nSPS) is 9.40. The molecule has 20 heavy (non-hydrogen) atoms. The minimum absolute atomic E-state index is 0.137. The number of carbonyl (C=O) groups excluding carboxylic acids is 2. The van der Waals surface area contributed by atoms with Gasteiger partial charge in [-0.2, -0.15) is 0 Å². The quantitative estimate of drug-likeness (QED) is 0.757. The summed E-state index contributed by atoms with van der Waals surface area (Å²) in [5, 5.41) is 0. The molecule has 0 aliphatic carbocycles. The van der Waals surface area contributed by atoms with Gasteiger partial charge in [0.1, 0.15) is 0 Å². The van der Waals surface area contributed by atoms with E-state index < -0.39 is 0 Å². The highest BCUT2D eigenvalue weighted by molar-refractivity contribution is 5.95. The summed E-state index contributed by atoms with van der Waals surface area (Å²) in [4.78, 5) is 21.7. The van der Waals surface area contributed by atoms with Crippen LogP contribution in [0, 0.1) is 13.8 Å². The molecule has 0 amide bonds. The van der Waals surface area contributed by atoms with Crippen molar-refractivity contribution in [3.05, 3.63) is 70.8 Å². The number of ketones is 2. The van der Waals surface area contributed by atoms with Crippen molar-refractivity contribution in [2.75, 3.05) is 0 Å². The van der Waals surface area contributed by atoms with Crippen LogP contribution in [-0.4, -0.2) is 11.6 Å². The van der Waals surface area contributed by atoms with Crippen LogP contribution in [0.3, 0.4) is 0 Å². The number of benzene rings is 2. The van der Waals surface area contributed by atoms with Gasteiger partial charge in [0.25, 0.3) is 0 Å². The van der Waals surface area contributed by atoms with E-state index in [4.69, 9.17) is 0 Å². The average molecular weight is 268 g/mol. The lowest BCUT2D eigenvalue weighted by Crippen LogP contribution is -1.93. The van der Waals surface area contributed by atoms with Gasteiger partial charge in [-0.15, -0.1) is 0 Å². The molecule has 0 fully saturated rings. The highest BCUT2D eigenvalue weighted by atomic mass is 16.1. The van der Waals surface area contributed by atoms with Crippen molar-refractivity contribution < 1.29 is 9.59 Å². The van der Waals surface area contributed by atoms with E-state index in [1.165, 1.54) is 0 Å². The molecule has 0 saturated carbocycles. The fourth-order valence-electron chi connectivity index (χ4n) is 1.94. The fraction of sp³-hybridized carbons (Fsp3) is 0.222. The fourth-order valence-corrected chi connectivity index (χ4v) is 1.94. The van der Waals surface area contributed by atoms with Gasteiger partial charge in [0.15, 0.2) is 11.6 Å². The first kappa shape index (κ1) is 15.8. The Bertz CT molecular complexity index is 557. The molecular formula is C18H20O2. The Morgan fingerprint density at radius 3 is 1.15 bits per heavy atom. The SMILES string of the molecule is CC(=O)c1ccccc1C.CC(=O)c1ccccc1C. The van der Waals surface area contributed by atoms with Crippen LogP contribution in [0.1, 0.15) is 45.7 Å². The molecule has 0 N–H and O–H groups in total. The summed E-state index contributed by atoms with van der Waals surface area (Å²) >= 11 is 0. The predicted molar refractivity (Wildman–Crippen MR) is 82.4 cm³/mol. The number of carbonyl (C=O) groups is 2. The predicted octanol–water partition coefficient (Wildman–Crippen LogP) is 4.40. The number of hydrogen-bond donors (Lipinski definition) is 0. The van der Waals surface area contributed by atoms with Gasteiger partial charge in [0.05, 0.1) is 0 Å². The van der Waals surface area contributed by atoms with Crippen molar-refractivity contribution in [3.8, 4) is 0 Å². The van der Waals surface area contributed by atoms with Crippen molar-refractivity contribution >= 4 is 11.6 Å². The Balaban J connectivity index is 0.000000200. The second-order valence-electron chi connectivity index (χ2n) is 4.74. The Morgan fingerprint density at radius 1 is 0.650 bits per heavy atom. The van der Waals surface area contributed by atoms with Crippen LogP contribution in [0.15, 0.2) is 48.5 Å². The molecule has 0 aromatic heterocycles. The Morgan fingerprint density at radius 2 is 0.950 bits per heavy atom. The molecule has 2 heteroatoms. The monoisotopic (exact) mass is 268 g/mol. The van der Waals surface area contributed by atoms with E-state index in [1.807, 2.05) is 62.4 Å². The molecule has 2 nitrogen and oxygen atoms in total. The van der Waals surface area contributed by atoms with Crippen molar-refractivity contribution in [1.29, 1.82) is 0 Å². The third kappa shape index (κ3) is 4.47. The largest absolute Gasteiger partial charge is 0.295 e. The molecule has 104 valence electrons. The second-order valence-corrected chi connectivity index (χ2v) is 4.74. The van der Waals surface area contributed by atoms with E-state index in [9.17, 15) is 9.59 Å². The lowest BCUT2D eigenvalue weighted by molar-refractivity contribution is 0.100.